The molecular formula is C25H29N3O3. The Bertz CT molecular complexity index is 1060. The number of carbonyl (C=O) groups is 2. The first-order chi connectivity index (χ1) is 15.2. The molecule has 4 rings (SSSR count). The monoisotopic (exact) mass is 419 g/mol. The van der Waals surface area contributed by atoms with Crippen molar-refractivity contribution >= 4 is 22.7 Å². The van der Waals surface area contributed by atoms with Crippen LogP contribution in [0.1, 0.15) is 24.0 Å². The molecule has 6 heteroatoms. The van der Waals surface area contributed by atoms with Crippen LogP contribution >= 0.6 is 0 Å². The number of hydrogen-bond donors (Lipinski definition) is 2. The summed E-state index contributed by atoms with van der Waals surface area (Å²) in [5, 5.41) is 4.13. The summed E-state index contributed by atoms with van der Waals surface area (Å²) in [5.74, 6) is 0.789. The second kappa shape index (κ2) is 9.69. The molecule has 1 saturated heterocycles. The summed E-state index contributed by atoms with van der Waals surface area (Å²) in [4.78, 5) is 30.7. The lowest BCUT2D eigenvalue weighted by Crippen LogP contribution is -2.46. The van der Waals surface area contributed by atoms with Gasteiger partial charge in [-0.15, -0.1) is 0 Å². The smallest absolute Gasteiger partial charge is 0.227 e. The second-order valence-corrected chi connectivity index (χ2v) is 8.07. The van der Waals surface area contributed by atoms with Gasteiger partial charge in [-0.3, -0.25) is 9.59 Å². The fourth-order valence-corrected chi connectivity index (χ4v) is 4.34. The van der Waals surface area contributed by atoms with Gasteiger partial charge in [0, 0.05) is 36.7 Å². The van der Waals surface area contributed by atoms with Crippen molar-refractivity contribution in [2.45, 2.75) is 25.7 Å². The summed E-state index contributed by atoms with van der Waals surface area (Å²) >= 11 is 0. The first-order valence-electron chi connectivity index (χ1n) is 10.9. The van der Waals surface area contributed by atoms with Crippen LogP contribution in [0.4, 0.5) is 0 Å². The van der Waals surface area contributed by atoms with Gasteiger partial charge in [0.25, 0.3) is 0 Å². The molecule has 3 aromatic rings. The number of nitrogens with zero attached hydrogens (tertiary/aromatic N) is 1. The Morgan fingerprint density at radius 2 is 1.94 bits per heavy atom. The molecule has 1 fully saturated rings. The maximum absolute atomic E-state index is 12.9. The Morgan fingerprint density at radius 3 is 2.81 bits per heavy atom. The van der Waals surface area contributed by atoms with E-state index < -0.39 is 0 Å². The SMILES string of the molecule is COc1ccccc1CCNC(=O)[C@H]1CCCN(C(=O)Cc2c[nH]c3ccccc23)C1. The number of carbonyl (C=O) groups excluding carboxylic acids is 2. The van der Waals surface area contributed by atoms with Crippen molar-refractivity contribution in [2.75, 3.05) is 26.7 Å². The number of methoxy groups -OCH3 is 1. The Kier molecular flexibility index (Phi) is 6.55. The predicted molar refractivity (Wildman–Crippen MR) is 121 cm³/mol. The molecule has 2 aromatic carbocycles. The number of rotatable bonds is 7. The zero-order valence-corrected chi connectivity index (χ0v) is 17.9. The predicted octanol–water partition coefficient (Wildman–Crippen LogP) is 3.32. The number of H-pyrrole nitrogens is 1. The second-order valence-electron chi connectivity index (χ2n) is 8.07. The third-order valence-corrected chi connectivity index (χ3v) is 6.05. The summed E-state index contributed by atoms with van der Waals surface area (Å²) in [7, 11) is 1.65. The minimum atomic E-state index is -0.154. The fraction of sp³-hybridized carbons (Fsp3) is 0.360. The molecule has 31 heavy (non-hydrogen) atoms. The van der Waals surface area contributed by atoms with Gasteiger partial charge in [0.1, 0.15) is 5.75 Å². The van der Waals surface area contributed by atoms with Crippen LogP contribution in [0.25, 0.3) is 10.9 Å². The molecule has 1 aromatic heterocycles. The molecule has 1 aliphatic heterocycles. The van der Waals surface area contributed by atoms with Crippen LogP contribution in [0.2, 0.25) is 0 Å². The van der Waals surface area contributed by atoms with E-state index in [0.717, 1.165) is 40.6 Å². The van der Waals surface area contributed by atoms with Crippen molar-refractivity contribution in [3.05, 3.63) is 65.9 Å². The summed E-state index contributed by atoms with van der Waals surface area (Å²) in [6.45, 7) is 1.76. The molecule has 6 nitrogen and oxygen atoms in total. The van der Waals surface area contributed by atoms with E-state index in [-0.39, 0.29) is 17.7 Å². The molecule has 162 valence electrons. The van der Waals surface area contributed by atoms with E-state index in [4.69, 9.17) is 4.74 Å². The molecular weight excluding hydrogens is 390 g/mol. The molecule has 0 unspecified atom stereocenters. The van der Waals surface area contributed by atoms with E-state index in [9.17, 15) is 9.59 Å². The third-order valence-electron chi connectivity index (χ3n) is 6.05. The fourth-order valence-electron chi connectivity index (χ4n) is 4.34. The summed E-state index contributed by atoms with van der Waals surface area (Å²) in [5.41, 5.74) is 3.12. The Labute approximate surface area is 182 Å². The zero-order valence-electron chi connectivity index (χ0n) is 17.9. The molecule has 1 aliphatic rings. The number of hydrogen-bond acceptors (Lipinski definition) is 3. The lowest BCUT2D eigenvalue weighted by Gasteiger charge is -2.32. The molecule has 2 N–H and O–H groups in total. The number of likely N-dealkylation sites (tertiary alicyclic amines) is 1. The van der Waals surface area contributed by atoms with Crippen molar-refractivity contribution in [1.29, 1.82) is 0 Å². The zero-order chi connectivity index (χ0) is 21.6. The summed E-state index contributed by atoms with van der Waals surface area (Å²) in [6, 6.07) is 15.8. The van der Waals surface area contributed by atoms with E-state index >= 15 is 0 Å². The molecule has 2 heterocycles. The van der Waals surface area contributed by atoms with Gasteiger partial charge in [-0.2, -0.15) is 0 Å². The molecule has 0 saturated carbocycles. The highest BCUT2D eigenvalue weighted by atomic mass is 16.5. The molecule has 1 atom stereocenters. The number of ether oxygens (including phenoxy) is 1. The lowest BCUT2D eigenvalue weighted by molar-refractivity contribution is -0.135. The van der Waals surface area contributed by atoms with Gasteiger partial charge in [0.05, 0.1) is 19.4 Å². The average molecular weight is 420 g/mol. The van der Waals surface area contributed by atoms with Crippen molar-refractivity contribution < 1.29 is 14.3 Å². The maximum atomic E-state index is 12.9. The van der Waals surface area contributed by atoms with Crippen LogP contribution in [-0.4, -0.2) is 48.4 Å². The third kappa shape index (κ3) is 4.90. The van der Waals surface area contributed by atoms with Gasteiger partial charge >= 0.3 is 0 Å². The Balaban J connectivity index is 1.30. The number of aromatic amines is 1. The first-order valence-corrected chi connectivity index (χ1v) is 10.9. The topological polar surface area (TPSA) is 74.4 Å². The molecule has 2 amide bonds. The number of amides is 2. The number of nitrogens with one attached hydrogen (secondary N) is 2. The molecule has 0 radical (unpaired) electrons. The van der Waals surface area contributed by atoms with Gasteiger partial charge in [-0.25, -0.2) is 0 Å². The van der Waals surface area contributed by atoms with E-state index in [1.807, 2.05) is 59.6 Å². The van der Waals surface area contributed by atoms with Crippen LogP contribution in [-0.2, 0) is 22.4 Å². The van der Waals surface area contributed by atoms with Crippen molar-refractivity contribution in [1.82, 2.24) is 15.2 Å². The van der Waals surface area contributed by atoms with E-state index in [1.165, 1.54) is 0 Å². The molecule has 0 spiro atoms. The lowest BCUT2D eigenvalue weighted by atomic mass is 9.96. The van der Waals surface area contributed by atoms with Gasteiger partial charge in [-0.1, -0.05) is 36.4 Å². The number of piperidine rings is 1. The highest BCUT2D eigenvalue weighted by Gasteiger charge is 2.28. The van der Waals surface area contributed by atoms with Gasteiger partial charge < -0.3 is 19.9 Å². The summed E-state index contributed by atoms with van der Waals surface area (Å²) in [6.07, 6.45) is 4.65. The van der Waals surface area contributed by atoms with Crippen molar-refractivity contribution in [3.63, 3.8) is 0 Å². The quantitative estimate of drug-likeness (QED) is 0.617. The first kappa shape index (κ1) is 21.0. The van der Waals surface area contributed by atoms with Gasteiger partial charge in [0.2, 0.25) is 11.8 Å². The Morgan fingerprint density at radius 1 is 1.13 bits per heavy atom. The van der Waals surface area contributed by atoms with E-state index in [2.05, 4.69) is 10.3 Å². The normalized spacial score (nSPS) is 16.3. The van der Waals surface area contributed by atoms with Crippen LogP contribution in [0.3, 0.4) is 0 Å². The van der Waals surface area contributed by atoms with Crippen LogP contribution in [0.15, 0.2) is 54.7 Å². The Hall–Kier alpha value is -3.28. The average Bonchev–Trinajstić information content (AvgIpc) is 3.22. The van der Waals surface area contributed by atoms with E-state index in [1.54, 1.807) is 7.11 Å². The molecule has 0 aliphatic carbocycles. The van der Waals surface area contributed by atoms with Crippen molar-refractivity contribution in [3.8, 4) is 5.75 Å². The van der Waals surface area contributed by atoms with E-state index in [0.29, 0.717) is 32.5 Å². The number of para-hydroxylation sites is 2. The molecule has 0 bridgehead atoms. The maximum Gasteiger partial charge on any atom is 0.227 e. The number of benzene rings is 2. The van der Waals surface area contributed by atoms with Gasteiger partial charge in [0.15, 0.2) is 0 Å². The van der Waals surface area contributed by atoms with Gasteiger partial charge in [-0.05, 0) is 42.5 Å². The van der Waals surface area contributed by atoms with Crippen LogP contribution < -0.4 is 10.1 Å². The summed E-state index contributed by atoms with van der Waals surface area (Å²) < 4.78 is 5.37. The highest BCUT2D eigenvalue weighted by molar-refractivity contribution is 5.89. The minimum Gasteiger partial charge on any atom is -0.496 e. The highest BCUT2D eigenvalue weighted by Crippen LogP contribution is 2.22. The minimum absolute atomic E-state index is 0.0273. The number of fused-ring (bicyclic) bond motifs is 1. The van der Waals surface area contributed by atoms with Crippen LogP contribution in [0, 0.1) is 5.92 Å². The van der Waals surface area contributed by atoms with Crippen molar-refractivity contribution in [2.24, 2.45) is 5.92 Å². The number of aromatic nitrogens is 1. The standard InChI is InChI=1S/C25H29N3O3/c1-31-23-11-5-2-7-18(23)12-13-26-25(30)19-8-6-14-28(17-19)24(29)15-20-16-27-22-10-4-3-9-21(20)22/h2-5,7,9-11,16,19,27H,6,8,12-15,17H2,1H3,(H,26,30)/t19-/m0/s1. The van der Waals surface area contributed by atoms with Crippen LogP contribution in [0.5, 0.6) is 5.75 Å². The largest absolute Gasteiger partial charge is 0.496 e.